The second-order valence-electron chi connectivity index (χ2n) is 8.61. The Bertz CT molecular complexity index is 1270. The molecule has 0 saturated carbocycles. The van der Waals surface area contributed by atoms with Crippen molar-refractivity contribution in [3.63, 3.8) is 0 Å². The molecule has 1 aromatic carbocycles. The summed E-state index contributed by atoms with van der Waals surface area (Å²) in [5, 5.41) is 3.65. The van der Waals surface area contributed by atoms with Crippen molar-refractivity contribution in [2.45, 2.75) is 24.0 Å². The quantitative estimate of drug-likeness (QED) is 0.272. The number of anilines is 1. The number of thiazole rings is 1. The Kier molecular flexibility index (Phi) is 8.40. The molecular weight excluding hydrogens is 513 g/mol. The molecule has 0 aliphatic carbocycles. The maximum Gasteiger partial charge on any atom is 0.232 e. The summed E-state index contributed by atoms with van der Waals surface area (Å²) in [5.41, 5.74) is 9.96. The molecule has 3 aromatic heterocycles. The van der Waals surface area contributed by atoms with E-state index in [-0.39, 0.29) is 0 Å². The molecule has 1 aliphatic heterocycles. The molecule has 1 aliphatic rings. The molecule has 10 heteroatoms. The van der Waals surface area contributed by atoms with Crippen molar-refractivity contribution in [2.24, 2.45) is 0 Å². The minimum atomic E-state index is -1.14. The molecule has 1 fully saturated rings. The van der Waals surface area contributed by atoms with Gasteiger partial charge in [-0.2, -0.15) is 0 Å². The lowest BCUT2D eigenvalue weighted by Crippen LogP contribution is -2.38. The summed E-state index contributed by atoms with van der Waals surface area (Å²) in [7, 11) is 0. The van der Waals surface area contributed by atoms with Crippen LogP contribution in [0.15, 0.2) is 46.1 Å². The number of nitrogens with zero attached hydrogens (tertiary/aromatic N) is 3. The van der Waals surface area contributed by atoms with Crippen molar-refractivity contribution >= 4 is 49.8 Å². The summed E-state index contributed by atoms with van der Waals surface area (Å²) in [6.07, 6.45) is 3.68. The molecule has 0 radical (unpaired) electrons. The lowest BCUT2D eigenvalue weighted by molar-refractivity contribution is 0.0322. The molecule has 190 valence electrons. The fourth-order valence-corrected chi connectivity index (χ4v) is 7.57. The van der Waals surface area contributed by atoms with Crippen molar-refractivity contribution in [3.05, 3.63) is 41.9 Å². The van der Waals surface area contributed by atoms with E-state index in [0.717, 1.165) is 83.5 Å². The van der Waals surface area contributed by atoms with Crippen LogP contribution in [-0.2, 0) is 15.9 Å². The van der Waals surface area contributed by atoms with Gasteiger partial charge in [0.15, 0.2) is 0 Å². The number of nitrogen functional groups attached to an aromatic ring is 1. The Balaban J connectivity index is 1.44. The van der Waals surface area contributed by atoms with Gasteiger partial charge in [0.2, 0.25) is 4.21 Å². The molecule has 4 heterocycles. The zero-order valence-electron chi connectivity index (χ0n) is 20.3. The lowest BCUT2D eigenvalue weighted by Gasteiger charge is -2.26. The van der Waals surface area contributed by atoms with E-state index in [0.29, 0.717) is 22.3 Å². The Labute approximate surface area is 222 Å². The fraction of sp³-hybridized carbons (Fsp3) is 0.385. The summed E-state index contributed by atoms with van der Waals surface area (Å²) in [6.45, 7) is 7.11. The Morgan fingerprint density at radius 3 is 2.75 bits per heavy atom. The van der Waals surface area contributed by atoms with E-state index in [1.165, 1.54) is 11.3 Å². The first-order valence-corrected chi connectivity index (χ1v) is 15.2. The number of ether oxygens (including phenoxy) is 2. The van der Waals surface area contributed by atoms with Crippen molar-refractivity contribution in [1.82, 2.24) is 14.9 Å². The first-order valence-electron chi connectivity index (χ1n) is 12.2. The zero-order valence-corrected chi connectivity index (χ0v) is 22.7. The molecule has 0 amide bonds. The van der Waals surface area contributed by atoms with Gasteiger partial charge in [-0.15, -0.1) is 11.3 Å². The normalized spacial score (nSPS) is 15.4. The van der Waals surface area contributed by atoms with Gasteiger partial charge in [-0.25, -0.2) is 9.97 Å². The highest BCUT2D eigenvalue weighted by Gasteiger charge is 2.25. The van der Waals surface area contributed by atoms with Gasteiger partial charge >= 0.3 is 0 Å². The predicted octanol–water partition coefficient (Wildman–Crippen LogP) is 5.29. The number of aromatic nitrogens is 2. The van der Waals surface area contributed by atoms with Crippen molar-refractivity contribution in [1.29, 1.82) is 0 Å². The number of benzene rings is 1. The second-order valence-corrected chi connectivity index (χ2v) is 12.3. The van der Waals surface area contributed by atoms with Gasteiger partial charge in [-0.05, 0) is 46.9 Å². The van der Waals surface area contributed by atoms with Crippen LogP contribution in [0.2, 0.25) is 0 Å². The molecule has 0 bridgehead atoms. The zero-order chi connectivity index (χ0) is 24.9. The average Bonchev–Trinajstić information content (AvgIpc) is 3.56. The SMILES string of the molecule is CCCC[S+]([O-])c1sc2nc(-c3nccs3)cc(-c3ccc(OCCN4CCOCC4)cc3)c2c1N. The van der Waals surface area contributed by atoms with E-state index >= 15 is 0 Å². The Morgan fingerprint density at radius 2 is 2.03 bits per heavy atom. The molecule has 7 nitrogen and oxygen atoms in total. The third-order valence-electron chi connectivity index (χ3n) is 6.15. The maximum atomic E-state index is 13.0. The van der Waals surface area contributed by atoms with E-state index in [1.54, 1.807) is 17.5 Å². The van der Waals surface area contributed by atoms with Crippen LogP contribution >= 0.6 is 22.7 Å². The molecule has 0 spiro atoms. The predicted molar refractivity (Wildman–Crippen MR) is 150 cm³/mol. The number of unbranched alkanes of at least 4 members (excludes halogenated alkanes) is 1. The van der Waals surface area contributed by atoms with E-state index in [1.807, 2.05) is 23.6 Å². The van der Waals surface area contributed by atoms with Crippen LogP contribution in [0.1, 0.15) is 19.8 Å². The van der Waals surface area contributed by atoms with E-state index in [4.69, 9.17) is 20.2 Å². The summed E-state index contributed by atoms with van der Waals surface area (Å²) < 4.78 is 25.1. The highest BCUT2D eigenvalue weighted by molar-refractivity contribution is 7.93. The van der Waals surface area contributed by atoms with Crippen molar-refractivity contribution in [2.75, 3.05) is 50.9 Å². The van der Waals surface area contributed by atoms with Crippen molar-refractivity contribution in [3.8, 4) is 27.6 Å². The molecule has 4 aromatic rings. The third-order valence-corrected chi connectivity index (χ3v) is 9.94. The third kappa shape index (κ3) is 5.69. The van der Waals surface area contributed by atoms with Gasteiger partial charge in [0.1, 0.15) is 39.3 Å². The molecule has 36 heavy (non-hydrogen) atoms. The van der Waals surface area contributed by atoms with Gasteiger partial charge in [0.05, 0.1) is 13.2 Å². The van der Waals surface area contributed by atoms with E-state index in [2.05, 4.69) is 28.9 Å². The van der Waals surface area contributed by atoms with Crippen LogP contribution in [-0.4, -0.2) is 64.6 Å². The highest BCUT2D eigenvalue weighted by Crippen LogP contribution is 2.44. The van der Waals surface area contributed by atoms with Crippen LogP contribution < -0.4 is 10.5 Å². The Hall–Kier alpha value is -2.21. The fourth-order valence-electron chi connectivity index (χ4n) is 4.17. The first kappa shape index (κ1) is 25.4. The monoisotopic (exact) mass is 542 g/mol. The van der Waals surface area contributed by atoms with Crippen LogP contribution in [0.4, 0.5) is 5.69 Å². The second kappa shape index (κ2) is 11.9. The van der Waals surface area contributed by atoms with Gasteiger partial charge in [-0.3, -0.25) is 4.90 Å². The summed E-state index contributed by atoms with van der Waals surface area (Å²) in [5.74, 6) is 1.44. The number of hydrogen-bond donors (Lipinski definition) is 1. The number of nitrogens with two attached hydrogens (primary N) is 1. The molecule has 1 saturated heterocycles. The van der Waals surface area contributed by atoms with Crippen molar-refractivity contribution < 1.29 is 14.0 Å². The number of morpholine rings is 1. The summed E-state index contributed by atoms with van der Waals surface area (Å²) in [4.78, 5) is 12.5. The Morgan fingerprint density at radius 1 is 1.22 bits per heavy atom. The van der Waals surface area contributed by atoms with Crippen LogP contribution in [0, 0.1) is 0 Å². The molecular formula is C26H30N4O3S3. The number of rotatable bonds is 10. The number of fused-ring (bicyclic) bond motifs is 1. The average molecular weight is 543 g/mol. The van der Waals surface area contributed by atoms with E-state index < -0.39 is 11.2 Å². The standard InChI is InChI=1S/C26H30N4O3S3/c1-2-3-16-36(31)26-23(27)22-20(17-21(29-25(22)35-26)24-28-8-15-34-24)18-4-6-19(7-5-18)33-14-11-30-9-12-32-13-10-30/h4-8,15,17H,2-3,9-14,16,27H2,1H3. The molecule has 2 N–H and O–H groups in total. The smallest absolute Gasteiger partial charge is 0.232 e. The number of hydrogen-bond acceptors (Lipinski definition) is 9. The van der Waals surface area contributed by atoms with Gasteiger partial charge in [0, 0.05) is 36.6 Å². The molecule has 1 atom stereocenters. The molecule has 1 unspecified atom stereocenters. The largest absolute Gasteiger partial charge is 0.611 e. The lowest BCUT2D eigenvalue weighted by atomic mass is 10.0. The topological polar surface area (TPSA) is 96.6 Å². The highest BCUT2D eigenvalue weighted by atomic mass is 32.2. The van der Waals surface area contributed by atoms with E-state index in [9.17, 15) is 4.55 Å². The summed E-state index contributed by atoms with van der Waals surface area (Å²) >= 11 is 1.84. The number of thiophene rings is 1. The van der Waals surface area contributed by atoms with Gasteiger partial charge < -0.3 is 19.8 Å². The molecule has 5 rings (SSSR count). The van der Waals surface area contributed by atoms with Crippen LogP contribution in [0.25, 0.3) is 32.0 Å². The first-order chi connectivity index (χ1) is 17.6. The minimum absolute atomic E-state index is 0.573. The van der Waals surface area contributed by atoms with Gasteiger partial charge in [0.25, 0.3) is 0 Å². The van der Waals surface area contributed by atoms with Crippen LogP contribution in [0.3, 0.4) is 0 Å². The van der Waals surface area contributed by atoms with Crippen LogP contribution in [0.5, 0.6) is 5.75 Å². The van der Waals surface area contributed by atoms with Gasteiger partial charge in [-0.1, -0.05) is 36.8 Å². The minimum Gasteiger partial charge on any atom is -0.611 e. The number of pyridine rings is 1. The summed E-state index contributed by atoms with van der Waals surface area (Å²) in [6, 6.07) is 10.1. The maximum absolute atomic E-state index is 13.0.